The summed E-state index contributed by atoms with van der Waals surface area (Å²) < 4.78 is 18.0. The highest BCUT2D eigenvalue weighted by Gasteiger charge is 2.29. The smallest absolute Gasteiger partial charge is 0.340 e. The third-order valence-electron chi connectivity index (χ3n) is 5.23. The number of hydrogen-bond acceptors (Lipinski definition) is 5. The van der Waals surface area contributed by atoms with Gasteiger partial charge in [0.05, 0.1) is 25.8 Å². The molecule has 1 N–H and O–H groups in total. The summed E-state index contributed by atoms with van der Waals surface area (Å²) in [7, 11) is 3.15. The Balaban J connectivity index is 1.60. The first-order valence-corrected chi connectivity index (χ1v) is 9.72. The second kappa shape index (κ2) is 8.59. The van der Waals surface area contributed by atoms with Crippen LogP contribution in [0.5, 0.6) is 11.5 Å². The fraction of sp³-hybridized carbons (Fsp3) is 0.455. The molecular weight excluding hydrogens is 372 g/mol. The van der Waals surface area contributed by atoms with Gasteiger partial charge in [0.15, 0.2) is 6.61 Å². The summed E-state index contributed by atoms with van der Waals surface area (Å²) in [5.41, 5.74) is 3.23. The maximum absolute atomic E-state index is 12.5. The lowest BCUT2D eigenvalue weighted by Crippen LogP contribution is -2.31. The molecule has 29 heavy (non-hydrogen) atoms. The third-order valence-corrected chi connectivity index (χ3v) is 5.23. The molecule has 1 aliphatic rings. The summed E-state index contributed by atoms with van der Waals surface area (Å²) >= 11 is 0. The minimum Gasteiger partial charge on any atom is -0.497 e. The molecule has 1 fully saturated rings. The highest BCUT2D eigenvalue weighted by atomic mass is 16.5. The molecule has 1 aromatic carbocycles. The van der Waals surface area contributed by atoms with Crippen molar-refractivity contribution in [3.63, 3.8) is 0 Å². The molecule has 1 saturated carbocycles. The summed E-state index contributed by atoms with van der Waals surface area (Å²) in [6, 6.07) is 7.35. The summed E-state index contributed by atoms with van der Waals surface area (Å²) in [6.45, 7) is 5.39. The van der Waals surface area contributed by atoms with Crippen LogP contribution in [-0.2, 0) is 9.53 Å². The second-order valence-corrected chi connectivity index (χ2v) is 7.36. The SMILES string of the molecule is COc1ccc(OC)c([C@@H](C)NC(=O)COC(=O)c2cc(C)n(C3CC3)c2C)c1. The van der Waals surface area contributed by atoms with Gasteiger partial charge in [0.25, 0.3) is 5.91 Å². The first kappa shape index (κ1) is 20.8. The van der Waals surface area contributed by atoms with Crippen molar-refractivity contribution in [2.24, 2.45) is 0 Å². The predicted octanol–water partition coefficient (Wildman–Crippen LogP) is 3.49. The summed E-state index contributed by atoms with van der Waals surface area (Å²) in [4.78, 5) is 24.8. The molecule has 0 unspecified atom stereocenters. The van der Waals surface area contributed by atoms with Crippen molar-refractivity contribution in [1.82, 2.24) is 9.88 Å². The molecule has 0 saturated heterocycles. The lowest BCUT2D eigenvalue weighted by molar-refractivity contribution is -0.124. The first-order valence-electron chi connectivity index (χ1n) is 9.72. The molecule has 7 nitrogen and oxygen atoms in total. The Morgan fingerprint density at radius 2 is 1.90 bits per heavy atom. The lowest BCUT2D eigenvalue weighted by atomic mass is 10.1. The van der Waals surface area contributed by atoms with Gasteiger partial charge in [0.2, 0.25) is 0 Å². The predicted molar refractivity (Wildman–Crippen MR) is 109 cm³/mol. The number of carbonyl (C=O) groups excluding carboxylic acids is 2. The summed E-state index contributed by atoms with van der Waals surface area (Å²) in [5, 5.41) is 2.83. The van der Waals surface area contributed by atoms with E-state index in [-0.39, 0.29) is 18.6 Å². The van der Waals surface area contributed by atoms with E-state index in [1.807, 2.05) is 32.9 Å². The van der Waals surface area contributed by atoms with Crippen molar-refractivity contribution in [1.29, 1.82) is 0 Å². The van der Waals surface area contributed by atoms with E-state index >= 15 is 0 Å². The molecule has 2 aromatic rings. The Bertz CT molecular complexity index is 914. The van der Waals surface area contributed by atoms with Crippen molar-refractivity contribution in [3.05, 3.63) is 46.8 Å². The van der Waals surface area contributed by atoms with E-state index in [0.717, 1.165) is 29.8 Å². The van der Waals surface area contributed by atoms with Gasteiger partial charge >= 0.3 is 5.97 Å². The van der Waals surface area contributed by atoms with E-state index in [0.29, 0.717) is 23.1 Å². The van der Waals surface area contributed by atoms with E-state index in [9.17, 15) is 9.59 Å². The summed E-state index contributed by atoms with van der Waals surface area (Å²) in [5.74, 6) is 0.445. The number of esters is 1. The molecule has 1 atom stereocenters. The molecule has 3 rings (SSSR count). The molecule has 0 spiro atoms. The van der Waals surface area contributed by atoms with Crippen molar-refractivity contribution in [2.75, 3.05) is 20.8 Å². The van der Waals surface area contributed by atoms with Crippen LogP contribution in [0, 0.1) is 13.8 Å². The zero-order valence-corrected chi connectivity index (χ0v) is 17.6. The highest BCUT2D eigenvalue weighted by molar-refractivity contribution is 5.92. The Morgan fingerprint density at radius 1 is 1.17 bits per heavy atom. The number of nitrogens with zero attached hydrogens (tertiary/aromatic N) is 1. The van der Waals surface area contributed by atoms with Crippen molar-refractivity contribution in [3.8, 4) is 11.5 Å². The average Bonchev–Trinajstić information content (AvgIpc) is 3.49. The number of benzene rings is 1. The number of aryl methyl sites for hydroxylation is 1. The zero-order valence-electron chi connectivity index (χ0n) is 17.6. The normalized spacial score (nSPS) is 14.2. The second-order valence-electron chi connectivity index (χ2n) is 7.36. The number of carbonyl (C=O) groups is 2. The highest BCUT2D eigenvalue weighted by Crippen LogP contribution is 2.38. The maximum atomic E-state index is 12.5. The molecular formula is C22H28N2O5. The number of amides is 1. The monoisotopic (exact) mass is 400 g/mol. The van der Waals surface area contributed by atoms with Crippen LogP contribution in [-0.4, -0.2) is 37.3 Å². The molecule has 0 aliphatic heterocycles. The van der Waals surface area contributed by atoms with Gasteiger partial charge in [-0.25, -0.2) is 4.79 Å². The number of rotatable bonds is 8. The quantitative estimate of drug-likeness (QED) is 0.686. The van der Waals surface area contributed by atoms with Crippen LogP contribution in [0.15, 0.2) is 24.3 Å². The molecule has 156 valence electrons. The van der Waals surface area contributed by atoms with E-state index in [1.54, 1.807) is 26.4 Å². The largest absolute Gasteiger partial charge is 0.497 e. The van der Waals surface area contributed by atoms with Gasteiger partial charge in [-0.2, -0.15) is 0 Å². The van der Waals surface area contributed by atoms with E-state index in [4.69, 9.17) is 14.2 Å². The molecule has 7 heteroatoms. The van der Waals surface area contributed by atoms with Gasteiger partial charge in [-0.3, -0.25) is 4.79 Å². The molecule has 1 aromatic heterocycles. The van der Waals surface area contributed by atoms with Crippen LogP contribution in [0.1, 0.15) is 59.2 Å². The Labute approximate surface area is 170 Å². The molecule has 0 bridgehead atoms. The lowest BCUT2D eigenvalue weighted by Gasteiger charge is -2.18. The van der Waals surface area contributed by atoms with Gasteiger partial charge in [0, 0.05) is 23.0 Å². The van der Waals surface area contributed by atoms with Crippen molar-refractivity contribution >= 4 is 11.9 Å². The fourth-order valence-electron chi connectivity index (χ4n) is 3.63. The minimum absolute atomic E-state index is 0.341. The third kappa shape index (κ3) is 4.55. The number of ether oxygens (including phenoxy) is 3. The van der Waals surface area contributed by atoms with Gasteiger partial charge in [-0.15, -0.1) is 0 Å². The van der Waals surface area contributed by atoms with Crippen LogP contribution in [0.2, 0.25) is 0 Å². The number of nitrogens with one attached hydrogen (secondary N) is 1. The Hall–Kier alpha value is -2.96. The standard InChI is InChI=1S/C22H28N2O5/c1-13-10-19(15(3)24(13)16-6-7-16)22(26)29-12-21(25)23-14(2)18-11-17(27-4)8-9-20(18)28-5/h8-11,14,16H,6-7,12H2,1-5H3,(H,23,25)/t14-/m1/s1. The van der Waals surface area contributed by atoms with Crippen LogP contribution < -0.4 is 14.8 Å². The fourth-order valence-corrected chi connectivity index (χ4v) is 3.63. The average molecular weight is 400 g/mol. The maximum Gasteiger partial charge on any atom is 0.340 e. The van der Waals surface area contributed by atoms with Gasteiger partial charge in [-0.1, -0.05) is 0 Å². The van der Waals surface area contributed by atoms with Crippen molar-refractivity contribution in [2.45, 2.75) is 45.7 Å². The van der Waals surface area contributed by atoms with Crippen molar-refractivity contribution < 1.29 is 23.8 Å². The van der Waals surface area contributed by atoms with E-state index in [1.165, 1.54) is 0 Å². The first-order chi connectivity index (χ1) is 13.8. The summed E-state index contributed by atoms with van der Waals surface area (Å²) in [6.07, 6.45) is 2.28. The van der Waals surface area contributed by atoms with E-state index in [2.05, 4.69) is 9.88 Å². The minimum atomic E-state index is -0.480. The topological polar surface area (TPSA) is 78.8 Å². The van der Waals surface area contributed by atoms with Gasteiger partial charge in [-0.05, 0) is 57.9 Å². The van der Waals surface area contributed by atoms with Crippen LogP contribution in [0.4, 0.5) is 0 Å². The van der Waals surface area contributed by atoms with Crippen LogP contribution in [0.25, 0.3) is 0 Å². The Morgan fingerprint density at radius 3 is 2.52 bits per heavy atom. The molecule has 1 amide bonds. The zero-order chi connectivity index (χ0) is 21.1. The molecule has 0 radical (unpaired) electrons. The van der Waals surface area contributed by atoms with Crippen LogP contribution in [0.3, 0.4) is 0 Å². The van der Waals surface area contributed by atoms with Gasteiger partial charge < -0.3 is 24.1 Å². The van der Waals surface area contributed by atoms with Crippen LogP contribution >= 0.6 is 0 Å². The molecule has 1 heterocycles. The van der Waals surface area contributed by atoms with E-state index < -0.39 is 5.97 Å². The number of hydrogen-bond donors (Lipinski definition) is 1. The Kier molecular flexibility index (Phi) is 6.15. The number of methoxy groups -OCH3 is 2. The number of aromatic nitrogens is 1. The van der Waals surface area contributed by atoms with Gasteiger partial charge in [0.1, 0.15) is 11.5 Å². The molecule has 1 aliphatic carbocycles.